The molecule has 4 rings (SSSR count). The third-order valence-corrected chi connectivity index (χ3v) is 5.54. The molecule has 0 fully saturated rings. The van der Waals surface area contributed by atoms with E-state index in [4.69, 9.17) is 14.5 Å². The van der Waals surface area contributed by atoms with Crippen molar-refractivity contribution in [2.45, 2.75) is 25.9 Å². The van der Waals surface area contributed by atoms with Crippen LogP contribution in [0.15, 0.2) is 72.8 Å². The van der Waals surface area contributed by atoms with E-state index in [1.165, 1.54) is 5.56 Å². The number of benzene rings is 3. The normalized spacial score (nSPS) is 11.8. The third-order valence-electron chi connectivity index (χ3n) is 5.54. The van der Waals surface area contributed by atoms with Crippen LogP contribution in [0.1, 0.15) is 34.7 Å². The molecule has 1 heterocycles. The number of carbonyl (C=O) groups is 1. The molecule has 164 valence electrons. The summed E-state index contributed by atoms with van der Waals surface area (Å²) in [4.78, 5) is 17.7. The molecular weight excluding hydrogens is 402 g/mol. The van der Waals surface area contributed by atoms with Crippen LogP contribution in [0.25, 0.3) is 11.0 Å². The van der Waals surface area contributed by atoms with Crippen molar-refractivity contribution >= 4 is 16.9 Å². The molecule has 0 bridgehead atoms. The van der Waals surface area contributed by atoms with Gasteiger partial charge in [0, 0.05) is 18.2 Å². The summed E-state index contributed by atoms with van der Waals surface area (Å²) in [7, 11) is 3.26. The molecule has 1 amide bonds. The standard InChI is InChI=1S/C26H27N3O3/c1-18(27-26(30)20-9-11-21(31-2)12-10-20)25-28-23-14-13-22(32-3)17-24(23)29(25)16-15-19-7-5-4-6-8-19/h4-14,17-18H,15-16H2,1-3H3,(H,27,30). The molecule has 1 aromatic heterocycles. The van der Waals surface area contributed by atoms with Gasteiger partial charge in [0.2, 0.25) is 0 Å². The zero-order valence-corrected chi connectivity index (χ0v) is 18.5. The smallest absolute Gasteiger partial charge is 0.251 e. The number of imidazole rings is 1. The van der Waals surface area contributed by atoms with Crippen molar-refractivity contribution in [3.63, 3.8) is 0 Å². The van der Waals surface area contributed by atoms with E-state index in [0.717, 1.165) is 35.6 Å². The van der Waals surface area contributed by atoms with Gasteiger partial charge in [-0.25, -0.2) is 4.98 Å². The molecule has 1 N–H and O–H groups in total. The molecule has 6 nitrogen and oxygen atoms in total. The second kappa shape index (κ2) is 9.56. The predicted octanol–water partition coefficient (Wildman–Crippen LogP) is 4.79. The summed E-state index contributed by atoms with van der Waals surface area (Å²) in [6.07, 6.45) is 0.857. The lowest BCUT2D eigenvalue weighted by atomic mass is 10.1. The number of hydrogen-bond donors (Lipinski definition) is 1. The quantitative estimate of drug-likeness (QED) is 0.437. The maximum Gasteiger partial charge on any atom is 0.251 e. The molecule has 0 aliphatic carbocycles. The highest BCUT2D eigenvalue weighted by Crippen LogP contribution is 2.26. The van der Waals surface area contributed by atoms with Gasteiger partial charge in [-0.2, -0.15) is 0 Å². The van der Waals surface area contributed by atoms with Gasteiger partial charge >= 0.3 is 0 Å². The summed E-state index contributed by atoms with van der Waals surface area (Å²) in [6.45, 7) is 2.70. The second-order valence-electron chi connectivity index (χ2n) is 7.64. The monoisotopic (exact) mass is 429 g/mol. The highest BCUT2D eigenvalue weighted by atomic mass is 16.5. The minimum atomic E-state index is -0.279. The van der Waals surface area contributed by atoms with Crippen molar-refractivity contribution in [2.24, 2.45) is 0 Å². The van der Waals surface area contributed by atoms with Gasteiger partial charge in [-0.1, -0.05) is 30.3 Å². The zero-order chi connectivity index (χ0) is 22.5. The number of amides is 1. The molecule has 0 saturated heterocycles. The average Bonchev–Trinajstić information content (AvgIpc) is 3.21. The van der Waals surface area contributed by atoms with Crippen LogP contribution >= 0.6 is 0 Å². The molecule has 3 aromatic carbocycles. The largest absolute Gasteiger partial charge is 0.497 e. The Morgan fingerprint density at radius 2 is 1.66 bits per heavy atom. The molecular formula is C26H27N3O3. The van der Waals surface area contributed by atoms with Crippen molar-refractivity contribution in [3.05, 3.63) is 89.7 Å². The first-order valence-electron chi connectivity index (χ1n) is 10.6. The van der Waals surface area contributed by atoms with E-state index < -0.39 is 0 Å². The summed E-state index contributed by atoms with van der Waals surface area (Å²) in [5.74, 6) is 2.15. The molecule has 0 aliphatic rings. The summed E-state index contributed by atoms with van der Waals surface area (Å²) < 4.78 is 12.8. The molecule has 1 atom stereocenters. The number of carbonyl (C=O) groups excluding carboxylic acids is 1. The molecule has 0 saturated carbocycles. The third kappa shape index (κ3) is 4.59. The van der Waals surface area contributed by atoms with E-state index in [0.29, 0.717) is 11.3 Å². The van der Waals surface area contributed by atoms with Crippen molar-refractivity contribution < 1.29 is 14.3 Å². The minimum Gasteiger partial charge on any atom is -0.497 e. The minimum absolute atomic E-state index is 0.153. The van der Waals surface area contributed by atoms with Gasteiger partial charge < -0.3 is 19.4 Å². The number of methoxy groups -OCH3 is 2. The molecule has 0 radical (unpaired) electrons. The zero-order valence-electron chi connectivity index (χ0n) is 18.5. The molecule has 4 aromatic rings. The van der Waals surface area contributed by atoms with E-state index in [1.807, 2.05) is 43.3 Å². The number of aryl methyl sites for hydroxylation is 2. The van der Waals surface area contributed by atoms with Crippen molar-refractivity contribution in [3.8, 4) is 11.5 Å². The molecule has 32 heavy (non-hydrogen) atoms. The van der Waals surface area contributed by atoms with Gasteiger partial charge in [-0.3, -0.25) is 4.79 Å². The lowest BCUT2D eigenvalue weighted by Crippen LogP contribution is -2.28. The van der Waals surface area contributed by atoms with Gasteiger partial charge in [0.05, 0.1) is 31.3 Å². The number of aromatic nitrogens is 2. The molecule has 6 heteroatoms. The van der Waals surface area contributed by atoms with Crippen LogP contribution in [0.4, 0.5) is 0 Å². The fourth-order valence-electron chi connectivity index (χ4n) is 3.79. The van der Waals surface area contributed by atoms with Crippen LogP contribution in [0, 0.1) is 0 Å². The Balaban J connectivity index is 1.62. The molecule has 0 aliphatic heterocycles. The number of fused-ring (bicyclic) bond motifs is 1. The van der Waals surface area contributed by atoms with Crippen LogP contribution in [-0.2, 0) is 13.0 Å². The molecule has 0 spiro atoms. The van der Waals surface area contributed by atoms with Gasteiger partial charge in [-0.05, 0) is 55.3 Å². The fraction of sp³-hybridized carbons (Fsp3) is 0.231. The Morgan fingerprint density at radius 3 is 2.34 bits per heavy atom. The first-order chi connectivity index (χ1) is 15.6. The maximum atomic E-state index is 12.8. The Labute approximate surface area is 187 Å². The van der Waals surface area contributed by atoms with Crippen molar-refractivity contribution in [1.29, 1.82) is 0 Å². The van der Waals surface area contributed by atoms with Crippen molar-refractivity contribution in [2.75, 3.05) is 14.2 Å². The van der Waals surface area contributed by atoms with Crippen LogP contribution in [-0.4, -0.2) is 29.7 Å². The van der Waals surface area contributed by atoms with Crippen LogP contribution in [0.5, 0.6) is 11.5 Å². The van der Waals surface area contributed by atoms with E-state index in [9.17, 15) is 4.79 Å². The first kappa shape index (κ1) is 21.4. The van der Waals surface area contributed by atoms with Gasteiger partial charge in [0.1, 0.15) is 17.3 Å². The van der Waals surface area contributed by atoms with Gasteiger partial charge in [0.15, 0.2) is 0 Å². The van der Waals surface area contributed by atoms with E-state index >= 15 is 0 Å². The average molecular weight is 430 g/mol. The van der Waals surface area contributed by atoms with E-state index in [2.05, 4.69) is 22.0 Å². The Morgan fingerprint density at radius 1 is 0.969 bits per heavy atom. The molecule has 1 unspecified atom stereocenters. The first-order valence-corrected chi connectivity index (χ1v) is 10.6. The van der Waals surface area contributed by atoms with Gasteiger partial charge in [0.25, 0.3) is 5.91 Å². The fourth-order valence-corrected chi connectivity index (χ4v) is 3.79. The number of nitrogens with zero attached hydrogens (tertiary/aromatic N) is 2. The second-order valence-corrected chi connectivity index (χ2v) is 7.64. The number of nitrogens with one attached hydrogen (secondary N) is 1. The lowest BCUT2D eigenvalue weighted by Gasteiger charge is -2.17. The Bertz CT molecular complexity index is 1200. The van der Waals surface area contributed by atoms with E-state index in [1.54, 1.807) is 38.5 Å². The van der Waals surface area contributed by atoms with E-state index in [-0.39, 0.29) is 11.9 Å². The SMILES string of the molecule is COc1ccc(C(=O)NC(C)c2nc3ccc(OC)cc3n2CCc2ccccc2)cc1. The van der Waals surface area contributed by atoms with Crippen molar-refractivity contribution in [1.82, 2.24) is 14.9 Å². The number of rotatable bonds is 8. The highest BCUT2D eigenvalue weighted by molar-refractivity contribution is 5.94. The maximum absolute atomic E-state index is 12.8. The van der Waals surface area contributed by atoms with Crippen LogP contribution < -0.4 is 14.8 Å². The summed E-state index contributed by atoms with van der Waals surface area (Å²) in [6, 6.07) is 23.0. The Kier molecular flexibility index (Phi) is 6.40. The lowest BCUT2D eigenvalue weighted by molar-refractivity contribution is 0.0937. The predicted molar refractivity (Wildman–Crippen MR) is 125 cm³/mol. The van der Waals surface area contributed by atoms with Crippen LogP contribution in [0.2, 0.25) is 0 Å². The summed E-state index contributed by atoms with van der Waals surface area (Å²) in [5.41, 5.74) is 3.68. The highest BCUT2D eigenvalue weighted by Gasteiger charge is 2.20. The number of hydrogen-bond acceptors (Lipinski definition) is 4. The van der Waals surface area contributed by atoms with Crippen LogP contribution in [0.3, 0.4) is 0 Å². The topological polar surface area (TPSA) is 65.4 Å². The Hall–Kier alpha value is -3.80. The summed E-state index contributed by atoms with van der Waals surface area (Å²) >= 11 is 0. The van der Waals surface area contributed by atoms with Gasteiger partial charge in [-0.15, -0.1) is 0 Å². The number of ether oxygens (including phenoxy) is 2. The summed E-state index contributed by atoms with van der Waals surface area (Å²) in [5, 5.41) is 3.08.